The summed E-state index contributed by atoms with van der Waals surface area (Å²) in [5.74, 6) is -0.115. The first-order chi connectivity index (χ1) is 9.59. The van der Waals surface area contributed by atoms with Gasteiger partial charge in [0.2, 0.25) is 0 Å². The Morgan fingerprint density at radius 3 is 2.48 bits per heavy atom. The van der Waals surface area contributed by atoms with E-state index in [1.807, 2.05) is 20.8 Å². The number of anilines is 1. The average Bonchev–Trinajstić information content (AvgIpc) is 2.78. The number of rotatable bonds is 3. The van der Waals surface area contributed by atoms with Crippen LogP contribution in [0.3, 0.4) is 0 Å². The number of aromatic nitrogens is 2. The van der Waals surface area contributed by atoms with E-state index in [0.717, 1.165) is 5.56 Å². The van der Waals surface area contributed by atoms with Gasteiger partial charge >= 0.3 is 0 Å². The van der Waals surface area contributed by atoms with Crippen LogP contribution in [0.5, 0.6) is 5.75 Å². The highest BCUT2D eigenvalue weighted by molar-refractivity contribution is 7.92. The summed E-state index contributed by atoms with van der Waals surface area (Å²) >= 11 is 0. The minimum absolute atomic E-state index is 0.0468. The van der Waals surface area contributed by atoms with Gasteiger partial charge in [-0.2, -0.15) is 5.10 Å². The fourth-order valence-corrected chi connectivity index (χ4v) is 2.87. The van der Waals surface area contributed by atoms with Crippen molar-refractivity contribution in [2.24, 2.45) is 7.05 Å². The van der Waals surface area contributed by atoms with Crippen LogP contribution in [0.1, 0.15) is 26.3 Å². The molecule has 0 aliphatic carbocycles. The van der Waals surface area contributed by atoms with Crippen LogP contribution in [-0.2, 0) is 22.5 Å². The van der Waals surface area contributed by atoms with E-state index in [0.29, 0.717) is 0 Å². The largest absolute Gasteiger partial charge is 0.506 e. The molecule has 0 bridgehead atoms. The fourth-order valence-electron chi connectivity index (χ4n) is 1.83. The van der Waals surface area contributed by atoms with Crippen molar-refractivity contribution < 1.29 is 13.5 Å². The number of benzene rings is 1. The van der Waals surface area contributed by atoms with E-state index in [-0.39, 0.29) is 21.7 Å². The van der Waals surface area contributed by atoms with Gasteiger partial charge in [-0.25, -0.2) is 8.42 Å². The summed E-state index contributed by atoms with van der Waals surface area (Å²) in [5.41, 5.74) is 0.929. The molecule has 21 heavy (non-hydrogen) atoms. The molecule has 1 aromatic carbocycles. The Bertz CT molecular complexity index is 758. The summed E-state index contributed by atoms with van der Waals surface area (Å²) in [7, 11) is -2.13. The summed E-state index contributed by atoms with van der Waals surface area (Å²) in [6.45, 7) is 6.04. The molecule has 0 radical (unpaired) electrons. The predicted molar refractivity (Wildman–Crippen MR) is 80.8 cm³/mol. The van der Waals surface area contributed by atoms with E-state index in [4.69, 9.17) is 0 Å². The zero-order valence-corrected chi connectivity index (χ0v) is 13.3. The second-order valence-electron chi connectivity index (χ2n) is 5.94. The fraction of sp³-hybridized carbons (Fsp3) is 0.357. The molecule has 2 N–H and O–H groups in total. The van der Waals surface area contributed by atoms with Gasteiger partial charge in [0.25, 0.3) is 10.0 Å². The molecule has 0 saturated carbocycles. The van der Waals surface area contributed by atoms with E-state index in [2.05, 4.69) is 9.82 Å². The maximum Gasteiger partial charge on any atom is 0.265 e. The number of sulfonamides is 1. The topological polar surface area (TPSA) is 84.2 Å². The van der Waals surface area contributed by atoms with Crippen molar-refractivity contribution in [2.45, 2.75) is 31.1 Å². The first-order valence-electron chi connectivity index (χ1n) is 6.44. The molecule has 7 heteroatoms. The van der Waals surface area contributed by atoms with Crippen LogP contribution in [-0.4, -0.2) is 23.3 Å². The Labute approximate surface area is 124 Å². The molecule has 1 heterocycles. The van der Waals surface area contributed by atoms with Crippen LogP contribution < -0.4 is 4.72 Å². The summed E-state index contributed by atoms with van der Waals surface area (Å²) in [4.78, 5) is 0.0468. The second-order valence-corrected chi connectivity index (χ2v) is 7.62. The number of nitrogens with one attached hydrogen (secondary N) is 1. The van der Waals surface area contributed by atoms with Gasteiger partial charge < -0.3 is 5.11 Å². The Balaban J connectivity index is 2.39. The Morgan fingerprint density at radius 1 is 1.29 bits per heavy atom. The van der Waals surface area contributed by atoms with Gasteiger partial charge in [0.05, 0.1) is 11.9 Å². The standard InChI is InChI=1S/C14H19N3O3S/c1-14(2,3)10-5-6-13(18)12(7-10)16-21(19,20)11-8-15-17(4)9-11/h5-9,16,18H,1-4H3. The maximum atomic E-state index is 12.3. The highest BCUT2D eigenvalue weighted by Crippen LogP contribution is 2.31. The van der Waals surface area contributed by atoms with Crippen LogP contribution in [0.4, 0.5) is 5.69 Å². The van der Waals surface area contributed by atoms with Crippen LogP contribution in [0.2, 0.25) is 0 Å². The zero-order valence-electron chi connectivity index (χ0n) is 12.5. The number of aryl methyl sites for hydroxylation is 1. The van der Waals surface area contributed by atoms with Gasteiger partial charge in [0.15, 0.2) is 0 Å². The third-order valence-corrected chi connectivity index (χ3v) is 4.42. The van der Waals surface area contributed by atoms with Crippen LogP contribution in [0, 0.1) is 0 Å². The van der Waals surface area contributed by atoms with Gasteiger partial charge in [-0.3, -0.25) is 9.40 Å². The molecule has 0 unspecified atom stereocenters. The molecule has 114 valence electrons. The molecule has 0 aliphatic heterocycles. The second kappa shape index (κ2) is 5.07. The maximum absolute atomic E-state index is 12.3. The van der Waals surface area contributed by atoms with Crippen LogP contribution in [0.15, 0.2) is 35.5 Å². The van der Waals surface area contributed by atoms with Crippen molar-refractivity contribution in [2.75, 3.05) is 4.72 Å². The molecular formula is C14H19N3O3S. The summed E-state index contributed by atoms with van der Waals surface area (Å²) < 4.78 is 28.3. The molecule has 6 nitrogen and oxygen atoms in total. The lowest BCUT2D eigenvalue weighted by atomic mass is 9.87. The number of phenols is 1. The van der Waals surface area contributed by atoms with Gasteiger partial charge in [0, 0.05) is 13.2 Å². The first-order valence-corrected chi connectivity index (χ1v) is 7.93. The lowest BCUT2D eigenvalue weighted by molar-refractivity contribution is 0.476. The third-order valence-electron chi connectivity index (χ3n) is 3.10. The van der Waals surface area contributed by atoms with Crippen molar-refractivity contribution in [1.82, 2.24) is 9.78 Å². The first kappa shape index (κ1) is 15.4. The van der Waals surface area contributed by atoms with Crippen molar-refractivity contribution in [1.29, 1.82) is 0 Å². The number of phenolic OH excluding ortho intramolecular Hbond substituents is 1. The molecule has 0 spiro atoms. The minimum Gasteiger partial charge on any atom is -0.506 e. The molecule has 1 aromatic heterocycles. The minimum atomic E-state index is -3.77. The van der Waals surface area contributed by atoms with E-state index >= 15 is 0 Å². The molecule has 2 aromatic rings. The molecule has 2 rings (SSSR count). The smallest absolute Gasteiger partial charge is 0.265 e. The Kier molecular flexibility index (Phi) is 3.71. The van der Waals surface area contributed by atoms with Gasteiger partial charge in [0.1, 0.15) is 10.6 Å². The monoisotopic (exact) mass is 309 g/mol. The van der Waals surface area contributed by atoms with Crippen molar-refractivity contribution in [3.05, 3.63) is 36.2 Å². The van der Waals surface area contributed by atoms with Gasteiger partial charge in [-0.15, -0.1) is 0 Å². The van der Waals surface area contributed by atoms with Gasteiger partial charge in [-0.1, -0.05) is 26.8 Å². The van der Waals surface area contributed by atoms with Crippen LogP contribution in [0.25, 0.3) is 0 Å². The highest BCUT2D eigenvalue weighted by atomic mass is 32.2. The predicted octanol–water partition coefficient (Wildman–Crippen LogP) is 2.22. The third kappa shape index (κ3) is 3.36. The van der Waals surface area contributed by atoms with Crippen molar-refractivity contribution in [3.63, 3.8) is 0 Å². The van der Waals surface area contributed by atoms with Crippen LogP contribution >= 0.6 is 0 Å². The van der Waals surface area contributed by atoms with E-state index in [1.165, 1.54) is 23.1 Å². The Morgan fingerprint density at radius 2 is 1.95 bits per heavy atom. The molecular weight excluding hydrogens is 290 g/mol. The van der Waals surface area contributed by atoms with E-state index in [9.17, 15) is 13.5 Å². The highest BCUT2D eigenvalue weighted by Gasteiger charge is 2.20. The molecule has 0 fully saturated rings. The molecule has 0 saturated heterocycles. The number of hydrogen-bond acceptors (Lipinski definition) is 4. The quantitative estimate of drug-likeness (QED) is 0.852. The summed E-state index contributed by atoms with van der Waals surface area (Å²) in [6.07, 6.45) is 2.65. The normalized spacial score (nSPS) is 12.4. The SMILES string of the molecule is Cn1cc(S(=O)(=O)Nc2cc(C(C)(C)C)ccc2O)cn1. The number of aromatic hydroxyl groups is 1. The Hall–Kier alpha value is -2.02. The number of hydrogen-bond donors (Lipinski definition) is 2. The van der Waals surface area contributed by atoms with Crippen molar-refractivity contribution >= 4 is 15.7 Å². The van der Waals surface area contributed by atoms with Crippen molar-refractivity contribution in [3.8, 4) is 5.75 Å². The molecule has 0 atom stereocenters. The zero-order chi connectivity index (χ0) is 15.8. The number of nitrogens with zero attached hydrogens (tertiary/aromatic N) is 2. The van der Waals surface area contributed by atoms with E-state index < -0.39 is 10.0 Å². The lowest BCUT2D eigenvalue weighted by Crippen LogP contribution is -2.15. The molecule has 0 amide bonds. The summed E-state index contributed by atoms with van der Waals surface area (Å²) in [5, 5.41) is 13.7. The van der Waals surface area contributed by atoms with Gasteiger partial charge in [-0.05, 0) is 23.1 Å². The lowest BCUT2D eigenvalue weighted by Gasteiger charge is -2.20. The molecule has 0 aliphatic rings. The average molecular weight is 309 g/mol. The summed E-state index contributed by atoms with van der Waals surface area (Å²) in [6, 6.07) is 4.90. The van der Waals surface area contributed by atoms with E-state index in [1.54, 1.807) is 19.2 Å².